The number of thioether (sulfide) groups is 1. The Morgan fingerprint density at radius 3 is 2.70 bits per heavy atom. The normalized spacial score (nSPS) is 12.0. The van der Waals surface area contributed by atoms with Crippen LogP contribution in [0.4, 0.5) is 10.1 Å². The Labute approximate surface area is 166 Å². The summed E-state index contributed by atoms with van der Waals surface area (Å²) in [4.78, 5) is 12.4. The van der Waals surface area contributed by atoms with E-state index < -0.39 is 5.25 Å². The number of hydrogen-bond donors (Lipinski definition) is 1. The van der Waals surface area contributed by atoms with Crippen LogP contribution in [0.15, 0.2) is 47.6 Å². The van der Waals surface area contributed by atoms with Gasteiger partial charge in [-0.1, -0.05) is 41.6 Å². The number of carbonyl (C=O) groups is 1. The highest BCUT2D eigenvalue weighted by molar-refractivity contribution is 8.00. The molecule has 27 heavy (non-hydrogen) atoms. The number of anilines is 1. The van der Waals surface area contributed by atoms with Gasteiger partial charge in [0.1, 0.15) is 5.82 Å². The van der Waals surface area contributed by atoms with Crippen LogP contribution >= 0.6 is 23.4 Å². The molecule has 1 heterocycles. The first-order valence-electron chi connectivity index (χ1n) is 8.24. The number of hydrogen-bond acceptors (Lipinski definition) is 4. The van der Waals surface area contributed by atoms with E-state index in [0.29, 0.717) is 27.3 Å². The lowest BCUT2D eigenvalue weighted by atomic mass is 10.2. The van der Waals surface area contributed by atoms with Crippen molar-refractivity contribution in [3.8, 4) is 11.4 Å². The molecule has 0 aliphatic rings. The fourth-order valence-corrected chi connectivity index (χ4v) is 3.46. The molecule has 3 aromatic rings. The van der Waals surface area contributed by atoms with Crippen LogP contribution in [-0.2, 0) is 11.8 Å². The van der Waals surface area contributed by atoms with Crippen molar-refractivity contribution in [1.82, 2.24) is 14.8 Å². The molecule has 0 bridgehead atoms. The summed E-state index contributed by atoms with van der Waals surface area (Å²) in [6.07, 6.45) is 0. The molecule has 140 valence electrons. The highest BCUT2D eigenvalue weighted by atomic mass is 35.5. The highest BCUT2D eigenvalue weighted by Gasteiger charge is 2.20. The van der Waals surface area contributed by atoms with E-state index in [4.69, 9.17) is 11.6 Å². The van der Waals surface area contributed by atoms with Crippen molar-refractivity contribution in [2.45, 2.75) is 24.3 Å². The van der Waals surface area contributed by atoms with E-state index in [0.717, 1.165) is 5.56 Å². The molecule has 0 fully saturated rings. The third-order valence-corrected chi connectivity index (χ3v) is 5.50. The molecule has 0 unspecified atom stereocenters. The quantitative estimate of drug-likeness (QED) is 0.626. The molecule has 3 rings (SSSR count). The minimum absolute atomic E-state index is 0.245. The van der Waals surface area contributed by atoms with Gasteiger partial charge in [0, 0.05) is 18.3 Å². The molecule has 0 saturated carbocycles. The van der Waals surface area contributed by atoms with Gasteiger partial charge in [-0.2, -0.15) is 0 Å². The topological polar surface area (TPSA) is 59.8 Å². The Bertz CT molecular complexity index is 992. The first-order chi connectivity index (χ1) is 12.9. The lowest BCUT2D eigenvalue weighted by Gasteiger charge is -2.12. The standard InChI is InChI=1S/C19H18ClFN4OS/c1-11-8-9-13(10-16(11)21)22-18(26)12(2)27-19-24-23-17(25(19)3)14-6-4-5-7-15(14)20/h4-10,12H,1-3H3,(H,22,26)/t12-/m1/s1. The Morgan fingerprint density at radius 2 is 2.00 bits per heavy atom. The van der Waals surface area contributed by atoms with Gasteiger partial charge in [-0.3, -0.25) is 4.79 Å². The van der Waals surface area contributed by atoms with Crippen molar-refractivity contribution in [3.63, 3.8) is 0 Å². The second-order valence-electron chi connectivity index (χ2n) is 6.06. The van der Waals surface area contributed by atoms with E-state index in [9.17, 15) is 9.18 Å². The lowest BCUT2D eigenvalue weighted by Crippen LogP contribution is -2.23. The Morgan fingerprint density at radius 1 is 1.26 bits per heavy atom. The van der Waals surface area contributed by atoms with Gasteiger partial charge in [0.25, 0.3) is 0 Å². The molecular weight excluding hydrogens is 387 g/mol. The van der Waals surface area contributed by atoms with Gasteiger partial charge < -0.3 is 9.88 Å². The average molecular weight is 405 g/mol. The number of rotatable bonds is 5. The first-order valence-corrected chi connectivity index (χ1v) is 9.50. The van der Waals surface area contributed by atoms with Crippen LogP contribution in [-0.4, -0.2) is 25.9 Å². The van der Waals surface area contributed by atoms with Crippen LogP contribution in [0.1, 0.15) is 12.5 Å². The van der Waals surface area contributed by atoms with Gasteiger partial charge in [-0.25, -0.2) is 4.39 Å². The van der Waals surface area contributed by atoms with E-state index in [1.807, 2.05) is 25.2 Å². The number of halogens is 2. The SMILES string of the molecule is Cc1ccc(NC(=O)[C@@H](C)Sc2nnc(-c3ccccc3Cl)n2C)cc1F. The van der Waals surface area contributed by atoms with Crippen LogP contribution in [0.25, 0.3) is 11.4 Å². The van der Waals surface area contributed by atoms with Crippen LogP contribution in [0.3, 0.4) is 0 Å². The van der Waals surface area contributed by atoms with Crippen molar-refractivity contribution >= 4 is 35.0 Å². The van der Waals surface area contributed by atoms with Crippen LogP contribution in [0, 0.1) is 12.7 Å². The Balaban J connectivity index is 1.72. The van der Waals surface area contributed by atoms with Crippen LogP contribution in [0.5, 0.6) is 0 Å². The summed E-state index contributed by atoms with van der Waals surface area (Å²) in [5.41, 5.74) is 1.72. The van der Waals surface area contributed by atoms with Crippen LogP contribution < -0.4 is 5.32 Å². The zero-order chi connectivity index (χ0) is 19.6. The summed E-state index contributed by atoms with van der Waals surface area (Å²) in [7, 11) is 1.82. The molecule has 0 aliphatic carbocycles. The summed E-state index contributed by atoms with van der Waals surface area (Å²) in [5, 5.41) is 11.8. The maximum atomic E-state index is 13.6. The van der Waals surface area contributed by atoms with E-state index in [2.05, 4.69) is 15.5 Å². The smallest absolute Gasteiger partial charge is 0.237 e. The molecule has 0 radical (unpaired) electrons. The minimum Gasteiger partial charge on any atom is -0.325 e. The zero-order valence-corrected chi connectivity index (χ0v) is 16.6. The number of nitrogens with zero attached hydrogens (tertiary/aromatic N) is 3. The van der Waals surface area contributed by atoms with Gasteiger partial charge in [0.15, 0.2) is 11.0 Å². The number of benzene rings is 2. The molecule has 1 atom stereocenters. The van der Waals surface area contributed by atoms with Gasteiger partial charge in [-0.05, 0) is 43.7 Å². The predicted molar refractivity (Wildman–Crippen MR) is 107 cm³/mol. The molecule has 1 N–H and O–H groups in total. The monoisotopic (exact) mass is 404 g/mol. The molecule has 2 aromatic carbocycles. The lowest BCUT2D eigenvalue weighted by molar-refractivity contribution is -0.115. The van der Waals surface area contributed by atoms with Crippen LogP contribution in [0.2, 0.25) is 5.02 Å². The third-order valence-electron chi connectivity index (χ3n) is 4.04. The molecule has 8 heteroatoms. The van der Waals surface area contributed by atoms with Gasteiger partial charge in [0.2, 0.25) is 5.91 Å². The molecule has 0 saturated heterocycles. The van der Waals surface area contributed by atoms with Crippen molar-refractivity contribution in [1.29, 1.82) is 0 Å². The number of aryl methyl sites for hydroxylation is 1. The summed E-state index contributed by atoms with van der Waals surface area (Å²) in [6.45, 7) is 3.43. The summed E-state index contributed by atoms with van der Waals surface area (Å²) in [6, 6.07) is 12.0. The van der Waals surface area contributed by atoms with Crippen molar-refractivity contribution in [3.05, 3.63) is 58.9 Å². The number of amides is 1. The predicted octanol–water partition coefficient (Wildman–Crippen LogP) is 4.70. The molecule has 1 aromatic heterocycles. The van der Waals surface area contributed by atoms with E-state index in [1.165, 1.54) is 17.8 Å². The minimum atomic E-state index is -0.448. The van der Waals surface area contributed by atoms with Gasteiger partial charge in [0.05, 0.1) is 10.3 Å². The second kappa shape index (κ2) is 8.10. The number of nitrogens with one attached hydrogen (secondary N) is 1. The molecule has 1 amide bonds. The molecule has 5 nitrogen and oxygen atoms in total. The van der Waals surface area contributed by atoms with Crippen molar-refractivity contribution in [2.24, 2.45) is 7.05 Å². The van der Waals surface area contributed by atoms with Crippen molar-refractivity contribution < 1.29 is 9.18 Å². The maximum Gasteiger partial charge on any atom is 0.237 e. The van der Waals surface area contributed by atoms with Crippen molar-refractivity contribution in [2.75, 3.05) is 5.32 Å². The summed E-state index contributed by atoms with van der Waals surface area (Å²) in [5.74, 6) is 0.0210. The third kappa shape index (κ3) is 4.31. The van der Waals surface area contributed by atoms with Gasteiger partial charge in [-0.15, -0.1) is 10.2 Å². The first kappa shape index (κ1) is 19.4. The summed E-state index contributed by atoms with van der Waals surface area (Å²) < 4.78 is 15.4. The van der Waals surface area contributed by atoms with Gasteiger partial charge >= 0.3 is 0 Å². The molecular formula is C19H18ClFN4OS. The van der Waals surface area contributed by atoms with E-state index >= 15 is 0 Å². The number of carbonyl (C=O) groups excluding carboxylic acids is 1. The molecule has 0 aliphatic heterocycles. The van der Waals surface area contributed by atoms with E-state index in [-0.39, 0.29) is 11.7 Å². The Kier molecular flexibility index (Phi) is 5.82. The second-order valence-corrected chi connectivity index (χ2v) is 7.77. The Hall–Kier alpha value is -2.38. The van der Waals surface area contributed by atoms with E-state index in [1.54, 1.807) is 36.6 Å². The highest BCUT2D eigenvalue weighted by Crippen LogP contribution is 2.30. The average Bonchev–Trinajstić information content (AvgIpc) is 2.99. The fraction of sp³-hybridized carbons (Fsp3) is 0.211. The molecule has 0 spiro atoms. The largest absolute Gasteiger partial charge is 0.325 e. The fourth-order valence-electron chi connectivity index (χ4n) is 2.42. The maximum absolute atomic E-state index is 13.6. The summed E-state index contributed by atoms with van der Waals surface area (Å²) >= 11 is 7.49. The zero-order valence-electron chi connectivity index (χ0n) is 15.0. The number of aromatic nitrogens is 3.